The third kappa shape index (κ3) is 5.61. The molecular weight excluding hydrogens is 287 g/mol. The monoisotopic (exact) mass is 312 g/mol. The molecule has 0 bridgehead atoms. The van der Waals surface area contributed by atoms with Crippen molar-refractivity contribution in [3.05, 3.63) is 35.1 Å². The van der Waals surface area contributed by atoms with Gasteiger partial charge in [0.1, 0.15) is 5.82 Å². The fourth-order valence-corrected chi connectivity index (χ4v) is 2.24. The second kappa shape index (κ2) is 8.70. The lowest BCUT2D eigenvalue weighted by molar-refractivity contribution is 0.163. The maximum Gasteiger partial charge on any atom is 0.315 e. The summed E-state index contributed by atoms with van der Waals surface area (Å²) >= 11 is 0. The summed E-state index contributed by atoms with van der Waals surface area (Å²) in [5.74, 6) is -0.328. The molecule has 1 aromatic rings. The minimum Gasteiger partial charge on any atom is -0.394 e. The molecule has 1 rings (SSSR count). The van der Waals surface area contributed by atoms with Crippen LogP contribution >= 0.6 is 0 Å². The average molecular weight is 312 g/mol. The number of nitrogens with one attached hydrogen (secondary N) is 2. The summed E-state index contributed by atoms with van der Waals surface area (Å²) < 4.78 is 18.4. The number of hydrogen-bond acceptors (Lipinski definition) is 3. The Bertz CT molecular complexity index is 496. The van der Waals surface area contributed by atoms with Crippen molar-refractivity contribution in [2.75, 3.05) is 13.7 Å². The molecule has 0 aliphatic heterocycles. The third-order valence-electron chi connectivity index (χ3n) is 3.43. The summed E-state index contributed by atoms with van der Waals surface area (Å²) in [6.45, 7) is 4.12. The summed E-state index contributed by atoms with van der Waals surface area (Å²) in [5.41, 5.74) is 0.598. The van der Waals surface area contributed by atoms with Crippen LogP contribution in [-0.4, -0.2) is 30.4 Å². The molecule has 3 N–H and O–H groups in total. The number of amides is 2. The second-order valence-corrected chi connectivity index (χ2v) is 5.64. The van der Waals surface area contributed by atoms with E-state index in [1.807, 2.05) is 6.92 Å². The number of carbonyl (C=O) groups is 1. The fraction of sp³-hybridized carbons (Fsp3) is 0.562. The standard InChI is InChI=1S/C16H25FN2O3/c1-4-7-16(2,11-20)19-15(21)18-9-12-5-6-14(17)13(8-12)10-22-3/h5-6,8,20H,4,7,9-11H2,1-3H3,(H2,18,19,21). The van der Waals surface area contributed by atoms with Gasteiger partial charge in [-0.25, -0.2) is 9.18 Å². The van der Waals surface area contributed by atoms with E-state index < -0.39 is 5.54 Å². The number of aliphatic hydroxyl groups excluding tert-OH is 1. The van der Waals surface area contributed by atoms with Crippen LogP contribution in [0.25, 0.3) is 0 Å². The van der Waals surface area contributed by atoms with Gasteiger partial charge >= 0.3 is 6.03 Å². The molecular formula is C16H25FN2O3. The first kappa shape index (κ1) is 18.4. The zero-order valence-electron chi connectivity index (χ0n) is 13.4. The van der Waals surface area contributed by atoms with Gasteiger partial charge in [-0.05, 0) is 31.0 Å². The van der Waals surface area contributed by atoms with Gasteiger partial charge in [0, 0.05) is 19.2 Å². The molecule has 1 unspecified atom stereocenters. The minimum atomic E-state index is -0.636. The molecule has 5 nitrogen and oxygen atoms in total. The molecule has 22 heavy (non-hydrogen) atoms. The normalized spacial score (nSPS) is 13.5. The molecule has 0 saturated heterocycles. The van der Waals surface area contributed by atoms with Crippen LogP contribution in [0.5, 0.6) is 0 Å². The largest absolute Gasteiger partial charge is 0.394 e. The van der Waals surface area contributed by atoms with E-state index in [4.69, 9.17) is 4.74 Å². The maximum absolute atomic E-state index is 13.5. The predicted molar refractivity (Wildman–Crippen MR) is 82.9 cm³/mol. The van der Waals surface area contributed by atoms with Gasteiger partial charge in [0.05, 0.1) is 18.8 Å². The van der Waals surface area contributed by atoms with Crippen LogP contribution in [0, 0.1) is 5.82 Å². The summed E-state index contributed by atoms with van der Waals surface area (Å²) in [4.78, 5) is 11.9. The lowest BCUT2D eigenvalue weighted by atomic mass is 9.98. The van der Waals surface area contributed by atoms with Gasteiger partial charge < -0.3 is 20.5 Å². The van der Waals surface area contributed by atoms with Crippen molar-refractivity contribution in [2.24, 2.45) is 0 Å². The highest BCUT2D eigenvalue weighted by molar-refractivity contribution is 5.74. The first-order valence-electron chi connectivity index (χ1n) is 7.37. The summed E-state index contributed by atoms with van der Waals surface area (Å²) in [6.07, 6.45) is 1.54. The number of rotatable bonds is 8. The number of methoxy groups -OCH3 is 1. The van der Waals surface area contributed by atoms with Crippen molar-refractivity contribution in [3.63, 3.8) is 0 Å². The molecule has 0 aromatic heterocycles. The quantitative estimate of drug-likeness (QED) is 0.690. The zero-order valence-corrected chi connectivity index (χ0v) is 13.4. The molecule has 1 atom stereocenters. The van der Waals surface area contributed by atoms with Gasteiger partial charge in [0.2, 0.25) is 0 Å². The lowest BCUT2D eigenvalue weighted by Gasteiger charge is -2.28. The first-order valence-corrected chi connectivity index (χ1v) is 7.37. The highest BCUT2D eigenvalue weighted by atomic mass is 19.1. The Balaban J connectivity index is 2.58. The molecule has 0 fully saturated rings. The van der Waals surface area contributed by atoms with Crippen LogP contribution in [-0.2, 0) is 17.9 Å². The first-order chi connectivity index (χ1) is 10.4. The highest BCUT2D eigenvalue weighted by Crippen LogP contribution is 2.13. The van der Waals surface area contributed by atoms with Crippen molar-refractivity contribution in [3.8, 4) is 0 Å². The van der Waals surface area contributed by atoms with Gasteiger partial charge in [-0.1, -0.05) is 19.4 Å². The Morgan fingerprint density at radius 1 is 1.45 bits per heavy atom. The summed E-state index contributed by atoms with van der Waals surface area (Å²) in [7, 11) is 1.50. The molecule has 0 radical (unpaired) electrons. The van der Waals surface area contributed by atoms with Gasteiger partial charge in [-0.2, -0.15) is 0 Å². The Kier molecular flexibility index (Phi) is 7.27. The summed E-state index contributed by atoms with van der Waals surface area (Å²) in [5, 5.41) is 14.9. The Morgan fingerprint density at radius 3 is 2.77 bits per heavy atom. The van der Waals surface area contributed by atoms with Crippen LogP contribution in [0.1, 0.15) is 37.8 Å². The average Bonchev–Trinajstić information content (AvgIpc) is 2.48. The molecule has 2 amide bonds. The minimum absolute atomic E-state index is 0.122. The van der Waals surface area contributed by atoms with Crippen LogP contribution in [0.4, 0.5) is 9.18 Å². The molecule has 0 aliphatic rings. The van der Waals surface area contributed by atoms with Gasteiger partial charge in [0.15, 0.2) is 0 Å². The van der Waals surface area contributed by atoms with Crippen LogP contribution in [0.3, 0.4) is 0 Å². The van der Waals surface area contributed by atoms with Gasteiger partial charge in [-0.3, -0.25) is 0 Å². The topological polar surface area (TPSA) is 70.6 Å². The zero-order chi connectivity index (χ0) is 16.6. The summed E-state index contributed by atoms with van der Waals surface area (Å²) in [6, 6.07) is 4.28. The van der Waals surface area contributed by atoms with E-state index in [-0.39, 0.29) is 31.6 Å². The number of halogens is 1. The van der Waals surface area contributed by atoms with Crippen molar-refractivity contribution in [1.29, 1.82) is 0 Å². The molecule has 6 heteroatoms. The van der Waals surface area contributed by atoms with Gasteiger partial charge in [0.25, 0.3) is 0 Å². The molecule has 0 saturated carbocycles. The number of aliphatic hydroxyl groups is 1. The second-order valence-electron chi connectivity index (χ2n) is 5.64. The van der Waals surface area contributed by atoms with E-state index >= 15 is 0 Å². The highest BCUT2D eigenvalue weighted by Gasteiger charge is 2.24. The molecule has 0 aliphatic carbocycles. The van der Waals surface area contributed by atoms with Crippen molar-refractivity contribution in [2.45, 2.75) is 45.4 Å². The van der Waals surface area contributed by atoms with E-state index in [9.17, 15) is 14.3 Å². The fourth-order valence-electron chi connectivity index (χ4n) is 2.24. The van der Waals surface area contributed by atoms with E-state index in [1.165, 1.54) is 13.2 Å². The molecule has 0 spiro atoms. The number of benzene rings is 1. The van der Waals surface area contributed by atoms with Crippen LogP contribution in [0.15, 0.2) is 18.2 Å². The van der Waals surface area contributed by atoms with Gasteiger partial charge in [-0.15, -0.1) is 0 Å². The van der Waals surface area contributed by atoms with Crippen molar-refractivity contribution < 1.29 is 19.0 Å². The van der Waals surface area contributed by atoms with Crippen LogP contribution < -0.4 is 10.6 Å². The van der Waals surface area contributed by atoms with Crippen LogP contribution in [0.2, 0.25) is 0 Å². The molecule has 124 valence electrons. The Labute approximate surface area is 130 Å². The van der Waals surface area contributed by atoms with Crippen molar-refractivity contribution in [1.82, 2.24) is 10.6 Å². The Hall–Kier alpha value is -1.66. The number of hydrogen-bond donors (Lipinski definition) is 3. The van der Waals surface area contributed by atoms with E-state index in [0.717, 1.165) is 12.0 Å². The smallest absolute Gasteiger partial charge is 0.315 e. The van der Waals surface area contributed by atoms with Crippen molar-refractivity contribution >= 4 is 6.03 Å². The van der Waals surface area contributed by atoms with E-state index in [0.29, 0.717) is 12.0 Å². The number of ether oxygens (including phenoxy) is 1. The third-order valence-corrected chi connectivity index (χ3v) is 3.43. The maximum atomic E-state index is 13.5. The van der Waals surface area contributed by atoms with E-state index in [1.54, 1.807) is 19.1 Å². The number of carbonyl (C=O) groups excluding carboxylic acids is 1. The molecule has 1 aromatic carbocycles. The van der Waals surface area contributed by atoms with E-state index in [2.05, 4.69) is 10.6 Å². The number of urea groups is 1. The molecule has 0 heterocycles. The SMILES string of the molecule is CCCC(C)(CO)NC(=O)NCc1ccc(F)c(COC)c1. The predicted octanol–water partition coefficient (Wildman–Crippen LogP) is 2.32. The lowest BCUT2D eigenvalue weighted by Crippen LogP contribution is -2.52. The Morgan fingerprint density at radius 2 is 2.18 bits per heavy atom.